The van der Waals surface area contributed by atoms with Gasteiger partial charge in [-0.05, 0) is 82.8 Å². The number of rotatable bonds is 45. The van der Waals surface area contributed by atoms with Gasteiger partial charge in [0, 0.05) is 103 Å². The molecule has 5 aromatic carbocycles. The van der Waals surface area contributed by atoms with Crippen molar-refractivity contribution in [3.05, 3.63) is 102 Å². The molecule has 2 unspecified atom stereocenters. The van der Waals surface area contributed by atoms with E-state index in [4.69, 9.17) is 71.1 Å². The van der Waals surface area contributed by atoms with Crippen molar-refractivity contribution >= 4 is 142 Å². The highest BCUT2D eigenvalue weighted by Gasteiger charge is 2.41. The molecule has 0 aromatic heterocycles. The van der Waals surface area contributed by atoms with E-state index in [0.717, 1.165) is 11.6 Å². The number of anilines is 3. The molecule has 0 saturated carbocycles. The minimum Gasteiger partial charge on any atom is -0.445 e. The van der Waals surface area contributed by atoms with E-state index in [9.17, 15) is 67.0 Å². The molecular formula is C71H92Cl2N8O23P2S. The number of primary amides is 1. The molecule has 31 nitrogen and oxygen atoms in total. The largest absolute Gasteiger partial charge is 0.524 e. The van der Waals surface area contributed by atoms with Crippen molar-refractivity contribution in [2.24, 2.45) is 17.6 Å². The first-order valence-electron chi connectivity index (χ1n) is 34.8. The summed E-state index contributed by atoms with van der Waals surface area (Å²) in [7, 11) is -9.13. The lowest BCUT2D eigenvalue weighted by Crippen LogP contribution is -2.48. The number of carbonyl (C=O) groups excluding carboxylic acids is 9. The minimum atomic E-state index is -5.13. The van der Waals surface area contributed by atoms with Gasteiger partial charge in [-0.25, -0.2) is 18.7 Å². The Morgan fingerprint density at radius 3 is 1.77 bits per heavy atom. The summed E-state index contributed by atoms with van der Waals surface area (Å²) in [6, 6.07) is 20.6. The molecule has 9 amide bonds. The van der Waals surface area contributed by atoms with Crippen LogP contribution in [-0.4, -0.2) is 232 Å². The van der Waals surface area contributed by atoms with E-state index >= 15 is 0 Å². The normalized spacial score (nSPS) is 16.7. The number of likely N-dealkylation sites (tertiary alicyclic amines) is 1. The third-order valence-electron chi connectivity index (χ3n) is 17.7. The predicted octanol–water partition coefficient (Wildman–Crippen LogP) is 7.42. The van der Waals surface area contributed by atoms with Crippen LogP contribution < -0.4 is 40.5 Å². The topological polar surface area (TPSA) is 407 Å². The van der Waals surface area contributed by atoms with Crippen LogP contribution in [0.4, 0.5) is 26.7 Å². The van der Waals surface area contributed by atoms with E-state index in [1.807, 2.05) is 6.26 Å². The third-order valence-corrected chi connectivity index (χ3v) is 20.3. The van der Waals surface area contributed by atoms with Gasteiger partial charge in [-0.2, -0.15) is 11.8 Å². The van der Waals surface area contributed by atoms with Crippen molar-refractivity contribution in [1.82, 2.24) is 20.4 Å². The van der Waals surface area contributed by atoms with Gasteiger partial charge in [0.05, 0.1) is 103 Å². The number of hydrogen-bond acceptors (Lipinski definition) is 21. The quantitative estimate of drug-likeness (QED) is 0.00862. The average Bonchev–Trinajstić information content (AvgIpc) is 1.63. The highest BCUT2D eigenvalue weighted by Crippen LogP contribution is 2.50. The van der Waals surface area contributed by atoms with Crippen LogP contribution in [0, 0.1) is 11.8 Å². The molecule has 584 valence electrons. The Labute approximate surface area is 633 Å². The van der Waals surface area contributed by atoms with E-state index in [2.05, 4.69) is 16.0 Å². The summed E-state index contributed by atoms with van der Waals surface area (Å²) in [4.78, 5) is 156. The number of Topliss-reactive ketones (excluding diaryl/α,β-unsaturated/α-hetero) is 1. The Morgan fingerprint density at radius 2 is 1.22 bits per heavy atom. The SMILES string of the molecule is CSC1CC(=O)N(CCOCCOCCOCCOCCOCCOCCC(=O)N[C@H](C(=O)C[C@@H](CCCNC(N)=O)C(=O)Nc2ccc(COC(=O)N(CC(=O)N3C[C@@H](CCl)c4c3ccc3c(OP(C)(=O)O)cccc43)CC(=O)N3C[C@@H](CCl)c4c3cc(OP(=O)(O)O)c3ccccc43)cc2)C(C)C)C1=O. The van der Waals surface area contributed by atoms with E-state index in [-0.39, 0.29) is 137 Å². The first-order chi connectivity index (χ1) is 51.2. The monoisotopic (exact) mass is 1590 g/mol. The number of carbonyl (C=O) groups is 9. The van der Waals surface area contributed by atoms with Crippen LogP contribution in [0.15, 0.2) is 84.9 Å². The molecule has 8 rings (SSSR count). The fraction of sp³-hybridized carbons (Fsp3) is 0.507. The number of alkyl halides is 2. The van der Waals surface area contributed by atoms with Crippen molar-refractivity contribution in [2.75, 3.05) is 158 Å². The van der Waals surface area contributed by atoms with E-state index in [1.54, 1.807) is 80.6 Å². The number of urea groups is 1. The zero-order valence-corrected chi connectivity index (χ0v) is 64.0. The number of ketones is 1. The molecule has 3 heterocycles. The summed E-state index contributed by atoms with van der Waals surface area (Å²) >= 11 is 14.5. The Morgan fingerprint density at radius 1 is 0.682 bits per heavy atom. The van der Waals surface area contributed by atoms with Gasteiger partial charge in [0.25, 0.3) is 0 Å². The number of fused-ring (bicyclic) bond motifs is 6. The van der Waals surface area contributed by atoms with Crippen LogP contribution in [0.3, 0.4) is 0 Å². The summed E-state index contributed by atoms with van der Waals surface area (Å²) in [5, 5.41) is 9.74. The number of imide groups is 1. The lowest BCUT2D eigenvalue weighted by atomic mass is 9.89. The van der Waals surface area contributed by atoms with Crippen molar-refractivity contribution in [1.29, 1.82) is 0 Å². The highest BCUT2D eigenvalue weighted by molar-refractivity contribution is 8.00. The fourth-order valence-electron chi connectivity index (χ4n) is 12.6. The molecule has 5 aromatic rings. The summed E-state index contributed by atoms with van der Waals surface area (Å²) in [5.74, 6) is -5.39. The molecule has 107 heavy (non-hydrogen) atoms. The molecule has 0 bridgehead atoms. The maximum Gasteiger partial charge on any atom is 0.524 e. The summed E-state index contributed by atoms with van der Waals surface area (Å²) < 4.78 is 74.2. The number of thioether (sulfide) groups is 1. The van der Waals surface area contributed by atoms with Crippen molar-refractivity contribution in [2.45, 2.75) is 75.7 Å². The van der Waals surface area contributed by atoms with Gasteiger partial charge in [0.15, 0.2) is 5.78 Å². The molecule has 0 radical (unpaired) electrons. The molecule has 3 aliphatic heterocycles. The number of amides is 9. The Kier molecular flexibility index (Phi) is 32.9. The average molecular weight is 1590 g/mol. The van der Waals surface area contributed by atoms with Crippen LogP contribution in [0.5, 0.6) is 11.5 Å². The molecule has 36 heteroatoms. The van der Waals surface area contributed by atoms with Gasteiger partial charge in [0.2, 0.25) is 35.4 Å². The summed E-state index contributed by atoms with van der Waals surface area (Å²) in [6.45, 7) is 6.45. The molecule has 8 N–H and O–H groups in total. The maximum atomic E-state index is 14.8. The number of hydrogen-bond donors (Lipinski definition) is 7. The second-order valence-corrected chi connectivity index (χ2v) is 30.4. The zero-order valence-electron chi connectivity index (χ0n) is 59.9. The maximum absolute atomic E-state index is 14.8. The molecule has 1 saturated heterocycles. The van der Waals surface area contributed by atoms with Gasteiger partial charge in [-0.15, -0.1) is 23.2 Å². The van der Waals surface area contributed by atoms with Gasteiger partial charge in [-0.3, -0.25) is 53.1 Å². The van der Waals surface area contributed by atoms with Crippen LogP contribution in [0.2, 0.25) is 0 Å². The second-order valence-electron chi connectivity index (χ2n) is 25.8. The van der Waals surface area contributed by atoms with Gasteiger partial charge in [0.1, 0.15) is 31.2 Å². The number of halogens is 2. The molecule has 1 fully saturated rings. The number of nitrogens with one attached hydrogen (secondary N) is 3. The van der Waals surface area contributed by atoms with Gasteiger partial charge in [-0.1, -0.05) is 62.4 Å². The van der Waals surface area contributed by atoms with E-state index < -0.39 is 100 Å². The number of ether oxygens (including phenoxy) is 7. The first-order valence-corrected chi connectivity index (χ1v) is 40.7. The molecule has 6 atom stereocenters. The summed E-state index contributed by atoms with van der Waals surface area (Å²) in [6.07, 6.45) is 0.987. The van der Waals surface area contributed by atoms with Crippen molar-refractivity contribution < 1.29 is 109 Å². The Hall–Kier alpha value is -7.52. The second kappa shape index (κ2) is 41.3. The van der Waals surface area contributed by atoms with E-state index in [0.29, 0.717) is 102 Å². The fourth-order valence-corrected chi connectivity index (χ4v) is 14.7. The predicted molar refractivity (Wildman–Crippen MR) is 400 cm³/mol. The van der Waals surface area contributed by atoms with Gasteiger partial charge < -0.3 is 78.6 Å². The van der Waals surface area contributed by atoms with Crippen LogP contribution in [0.1, 0.15) is 74.5 Å². The number of nitrogens with two attached hydrogens (primary N) is 1. The molecule has 3 aliphatic rings. The minimum absolute atomic E-state index is 0.0204. The summed E-state index contributed by atoms with van der Waals surface area (Å²) in [5.41, 5.74) is 7.86. The lowest BCUT2D eigenvalue weighted by molar-refractivity contribution is -0.139. The van der Waals surface area contributed by atoms with Crippen LogP contribution in [-0.2, 0) is 82.5 Å². The Bertz CT molecular complexity index is 4040. The molecular weight excluding hydrogens is 1500 g/mol. The van der Waals surface area contributed by atoms with Crippen LogP contribution in [0.25, 0.3) is 21.5 Å². The lowest BCUT2D eigenvalue weighted by Gasteiger charge is -2.27. The van der Waals surface area contributed by atoms with Gasteiger partial charge >= 0.3 is 27.5 Å². The highest BCUT2D eigenvalue weighted by atomic mass is 35.5. The number of nitrogens with zero attached hydrogens (tertiary/aromatic N) is 4. The Balaban J connectivity index is 0.821. The van der Waals surface area contributed by atoms with Crippen LogP contribution >= 0.6 is 50.4 Å². The van der Waals surface area contributed by atoms with Crippen molar-refractivity contribution in [3.8, 4) is 11.5 Å². The zero-order chi connectivity index (χ0) is 77.4. The van der Waals surface area contributed by atoms with E-state index in [1.165, 1.54) is 44.7 Å². The first kappa shape index (κ1) is 85.1. The molecule has 0 aliphatic carbocycles. The molecule has 0 spiro atoms. The van der Waals surface area contributed by atoms with Crippen molar-refractivity contribution in [3.63, 3.8) is 0 Å². The number of benzene rings is 5. The third kappa shape index (κ3) is 25.0. The smallest absolute Gasteiger partial charge is 0.445 e. The standard InChI is InChI=1S/C71H92Cl2N8O23P2S/c1-45(2)67(77-61(83)20-23-96-25-27-98-29-31-100-33-34-101-32-30-99-28-26-97-24-22-79-62(84)37-60(107-4)69(79)88)57(82)35-47(9-8-21-75-70(74)89)68(87)76-50-16-14-46(15-17-50)44-102-71(90)78(42-63(85)80-40-48(38-72)65-54-12-7-13-58(103-105(3,91)92)52(54)18-19-55(65)80)43-64(86)81-41-49(39-73)66-53-11-6-5-10-51(53)59(36-56(66)81)104-106(93,94)95/h5-7,10-19,36,45,47-49,60,67H,8-9,20-35,37-44H2,1-4H3,(H,76,87)(H,77,83)(H,91,92)(H3,74,75,89)(H2,93,94,95)/t47-,48-,49-,60?,67+/m1/s1. The number of phosphoric acid groups is 1. The number of phosphoric ester groups is 1.